The summed E-state index contributed by atoms with van der Waals surface area (Å²) < 4.78 is 1.01. The van der Waals surface area contributed by atoms with Gasteiger partial charge >= 0.3 is 0 Å². The standard InChI is InChI=1S/C11H11IN2O/c1-8(7-13)14(2)11(15)9-4-3-5-10(12)6-9/h3-6,8H,1-2H3. The predicted molar refractivity (Wildman–Crippen MR) is 66.3 cm³/mol. The Labute approximate surface area is 103 Å². The lowest BCUT2D eigenvalue weighted by molar-refractivity contribution is 0.0773. The van der Waals surface area contributed by atoms with Crippen molar-refractivity contribution < 1.29 is 4.79 Å². The molecule has 0 fully saturated rings. The Balaban J connectivity index is 2.91. The van der Waals surface area contributed by atoms with Crippen LogP contribution in [0.2, 0.25) is 0 Å². The number of benzene rings is 1. The lowest BCUT2D eigenvalue weighted by Crippen LogP contribution is -2.34. The molecule has 1 amide bonds. The van der Waals surface area contributed by atoms with Gasteiger partial charge in [-0.1, -0.05) is 6.07 Å². The van der Waals surface area contributed by atoms with Gasteiger partial charge < -0.3 is 4.90 Å². The van der Waals surface area contributed by atoms with Crippen LogP contribution in [0.1, 0.15) is 17.3 Å². The Morgan fingerprint density at radius 1 is 1.60 bits per heavy atom. The van der Waals surface area contributed by atoms with E-state index in [2.05, 4.69) is 22.6 Å². The molecule has 0 saturated carbocycles. The highest BCUT2D eigenvalue weighted by Crippen LogP contribution is 2.10. The number of hydrogen-bond acceptors (Lipinski definition) is 2. The summed E-state index contributed by atoms with van der Waals surface area (Å²) in [6.07, 6.45) is 0. The number of rotatable bonds is 2. The first-order valence-electron chi connectivity index (χ1n) is 4.48. The van der Waals surface area contributed by atoms with E-state index in [4.69, 9.17) is 5.26 Å². The first kappa shape index (κ1) is 12.0. The SMILES string of the molecule is CC(C#N)N(C)C(=O)c1cccc(I)c1. The van der Waals surface area contributed by atoms with E-state index in [0.717, 1.165) is 3.57 Å². The molecular weight excluding hydrogens is 303 g/mol. The quantitative estimate of drug-likeness (QED) is 0.786. The summed E-state index contributed by atoms with van der Waals surface area (Å²) in [5, 5.41) is 8.71. The molecule has 0 saturated heterocycles. The predicted octanol–water partition coefficient (Wildman–Crippen LogP) is 2.28. The molecule has 0 bridgehead atoms. The highest BCUT2D eigenvalue weighted by Gasteiger charge is 2.16. The zero-order valence-electron chi connectivity index (χ0n) is 8.57. The summed E-state index contributed by atoms with van der Waals surface area (Å²) in [7, 11) is 1.64. The van der Waals surface area contributed by atoms with E-state index in [9.17, 15) is 4.79 Å². The number of carbonyl (C=O) groups is 1. The van der Waals surface area contributed by atoms with Crippen molar-refractivity contribution in [3.8, 4) is 6.07 Å². The number of nitrogens with zero attached hydrogens (tertiary/aromatic N) is 2. The van der Waals surface area contributed by atoms with E-state index in [1.54, 1.807) is 20.0 Å². The van der Waals surface area contributed by atoms with Crippen LogP contribution < -0.4 is 0 Å². The fraction of sp³-hybridized carbons (Fsp3) is 0.273. The highest BCUT2D eigenvalue weighted by molar-refractivity contribution is 14.1. The molecule has 15 heavy (non-hydrogen) atoms. The summed E-state index contributed by atoms with van der Waals surface area (Å²) >= 11 is 2.15. The molecule has 1 aromatic rings. The summed E-state index contributed by atoms with van der Waals surface area (Å²) in [4.78, 5) is 13.3. The summed E-state index contributed by atoms with van der Waals surface area (Å²) in [5.74, 6) is -0.123. The molecule has 0 N–H and O–H groups in total. The zero-order valence-corrected chi connectivity index (χ0v) is 10.7. The Morgan fingerprint density at radius 2 is 2.27 bits per heavy atom. The average Bonchev–Trinajstić information content (AvgIpc) is 2.26. The van der Waals surface area contributed by atoms with Crippen LogP contribution in [-0.2, 0) is 0 Å². The smallest absolute Gasteiger partial charge is 0.254 e. The van der Waals surface area contributed by atoms with Crippen LogP contribution in [0.15, 0.2) is 24.3 Å². The van der Waals surface area contributed by atoms with Crippen molar-refractivity contribution in [2.45, 2.75) is 13.0 Å². The molecule has 1 unspecified atom stereocenters. The van der Waals surface area contributed by atoms with Gasteiger partial charge in [0.15, 0.2) is 0 Å². The Hall–Kier alpha value is -1.09. The normalized spacial score (nSPS) is 11.6. The van der Waals surface area contributed by atoms with Gasteiger partial charge in [0, 0.05) is 16.2 Å². The van der Waals surface area contributed by atoms with E-state index >= 15 is 0 Å². The molecule has 1 rings (SSSR count). The van der Waals surface area contributed by atoms with Crippen molar-refractivity contribution in [2.24, 2.45) is 0 Å². The number of amides is 1. The molecule has 3 nitrogen and oxygen atoms in total. The van der Waals surface area contributed by atoms with E-state index in [0.29, 0.717) is 5.56 Å². The van der Waals surface area contributed by atoms with Crippen LogP contribution in [0.3, 0.4) is 0 Å². The van der Waals surface area contributed by atoms with Crippen LogP contribution in [-0.4, -0.2) is 23.9 Å². The summed E-state index contributed by atoms with van der Waals surface area (Å²) in [6.45, 7) is 1.70. The highest BCUT2D eigenvalue weighted by atomic mass is 127. The fourth-order valence-corrected chi connectivity index (χ4v) is 1.63. The minimum atomic E-state index is -0.407. The molecular formula is C11H11IN2O. The maximum atomic E-state index is 11.9. The second-order valence-electron chi connectivity index (χ2n) is 3.23. The molecule has 0 spiro atoms. The molecule has 1 aromatic carbocycles. The number of carbonyl (C=O) groups excluding carboxylic acids is 1. The van der Waals surface area contributed by atoms with E-state index in [1.807, 2.05) is 24.3 Å². The lowest BCUT2D eigenvalue weighted by atomic mass is 10.2. The van der Waals surface area contributed by atoms with Gasteiger partial charge in [0.1, 0.15) is 6.04 Å². The maximum absolute atomic E-state index is 11.9. The topological polar surface area (TPSA) is 44.1 Å². The van der Waals surface area contributed by atoms with Crippen LogP contribution in [0.4, 0.5) is 0 Å². The van der Waals surface area contributed by atoms with Crippen molar-refractivity contribution in [3.63, 3.8) is 0 Å². The van der Waals surface area contributed by atoms with Crippen molar-refractivity contribution in [1.82, 2.24) is 4.90 Å². The second kappa shape index (κ2) is 5.12. The third-order valence-electron chi connectivity index (χ3n) is 2.16. The number of hydrogen-bond donors (Lipinski definition) is 0. The third kappa shape index (κ3) is 2.93. The van der Waals surface area contributed by atoms with Gasteiger partial charge in [-0.15, -0.1) is 0 Å². The second-order valence-corrected chi connectivity index (χ2v) is 4.48. The van der Waals surface area contributed by atoms with Gasteiger partial charge in [0.2, 0.25) is 0 Å². The van der Waals surface area contributed by atoms with Crippen molar-refractivity contribution in [3.05, 3.63) is 33.4 Å². The Morgan fingerprint density at radius 3 is 2.80 bits per heavy atom. The molecule has 0 aliphatic rings. The largest absolute Gasteiger partial charge is 0.326 e. The van der Waals surface area contributed by atoms with Crippen LogP contribution in [0.25, 0.3) is 0 Å². The maximum Gasteiger partial charge on any atom is 0.254 e. The molecule has 4 heteroatoms. The van der Waals surface area contributed by atoms with Crippen molar-refractivity contribution >= 4 is 28.5 Å². The molecule has 0 aliphatic carbocycles. The van der Waals surface area contributed by atoms with Crippen LogP contribution >= 0.6 is 22.6 Å². The number of halogens is 1. The minimum Gasteiger partial charge on any atom is -0.326 e. The number of nitriles is 1. The Kier molecular flexibility index (Phi) is 4.09. The van der Waals surface area contributed by atoms with Gasteiger partial charge in [-0.05, 0) is 47.7 Å². The molecule has 0 heterocycles. The van der Waals surface area contributed by atoms with Crippen molar-refractivity contribution in [1.29, 1.82) is 5.26 Å². The first-order valence-corrected chi connectivity index (χ1v) is 5.56. The summed E-state index contributed by atoms with van der Waals surface area (Å²) in [5.41, 5.74) is 0.617. The molecule has 78 valence electrons. The van der Waals surface area contributed by atoms with Crippen molar-refractivity contribution in [2.75, 3.05) is 7.05 Å². The van der Waals surface area contributed by atoms with E-state index < -0.39 is 6.04 Å². The molecule has 0 aromatic heterocycles. The molecule has 0 aliphatic heterocycles. The molecule has 1 atom stereocenters. The van der Waals surface area contributed by atoms with E-state index in [1.165, 1.54) is 4.90 Å². The van der Waals surface area contributed by atoms with Crippen LogP contribution in [0.5, 0.6) is 0 Å². The van der Waals surface area contributed by atoms with Gasteiger partial charge in [-0.25, -0.2) is 0 Å². The van der Waals surface area contributed by atoms with Gasteiger partial charge in [0.05, 0.1) is 6.07 Å². The fourth-order valence-electron chi connectivity index (χ4n) is 1.09. The minimum absolute atomic E-state index is 0.123. The zero-order chi connectivity index (χ0) is 11.4. The van der Waals surface area contributed by atoms with E-state index in [-0.39, 0.29) is 5.91 Å². The average molecular weight is 314 g/mol. The Bertz CT molecular complexity index is 411. The van der Waals surface area contributed by atoms with Crippen LogP contribution in [0, 0.1) is 14.9 Å². The third-order valence-corrected chi connectivity index (χ3v) is 2.83. The van der Waals surface area contributed by atoms with Gasteiger partial charge in [0.25, 0.3) is 5.91 Å². The van der Waals surface area contributed by atoms with Gasteiger partial charge in [-0.2, -0.15) is 5.26 Å². The lowest BCUT2D eigenvalue weighted by Gasteiger charge is -2.19. The first-order chi connectivity index (χ1) is 7.06. The summed E-state index contributed by atoms with van der Waals surface area (Å²) in [6, 6.07) is 8.95. The monoisotopic (exact) mass is 314 g/mol. The van der Waals surface area contributed by atoms with Gasteiger partial charge in [-0.3, -0.25) is 4.79 Å². The molecule has 0 radical (unpaired) electrons.